The molecule has 3 aromatic rings. The number of carbonyl (C=O) groups is 2. The van der Waals surface area contributed by atoms with Gasteiger partial charge in [0.25, 0.3) is 31.9 Å². The van der Waals surface area contributed by atoms with E-state index < -0.39 is 37.9 Å². The minimum atomic E-state index is -4.07. The molecule has 0 fully saturated rings. The number of hydrogen-bond donors (Lipinski definition) is 4. The van der Waals surface area contributed by atoms with Crippen molar-refractivity contribution in [2.75, 3.05) is 11.8 Å². The van der Waals surface area contributed by atoms with Crippen molar-refractivity contribution in [1.82, 2.24) is 15.6 Å². The highest BCUT2D eigenvalue weighted by atomic mass is 32.2. The van der Waals surface area contributed by atoms with Gasteiger partial charge in [-0.3, -0.25) is 34.9 Å². The number of fused-ring (bicyclic) bond motifs is 1. The first-order valence-electron chi connectivity index (χ1n) is 11.1. The Morgan fingerprint density at radius 1 is 0.974 bits per heavy atom. The maximum absolute atomic E-state index is 12.9. The normalized spacial score (nSPS) is 15.6. The van der Waals surface area contributed by atoms with Gasteiger partial charge in [-0.05, 0) is 49.4 Å². The van der Waals surface area contributed by atoms with Gasteiger partial charge in [0, 0.05) is 11.1 Å². The number of anilines is 1. The Kier molecular flexibility index (Phi) is 7.37. The molecule has 0 spiro atoms. The fraction of sp³-hybridized carbons (Fsp3) is 0.125. The SMILES string of the molecule is COc1ccccc1NS(=O)(=O)c1cccc(C(=O)NNC(=O)C(C)N=C2NS(=O)(=O)c3ccccc32)c1. The molecule has 1 heterocycles. The molecule has 4 rings (SSSR count). The molecular formula is C24H23N5O7S2. The molecule has 198 valence electrons. The van der Waals surface area contributed by atoms with Gasteiger partial charge in [-0.2, -0.15) is 0 Å². The van der Waals surface area contributed by atoms with Crippen molar-refractivity contribution in [3.05, 3.63) is 83.9 Å². The van der Waals surface area contributed by atoms with E-state index in [1.54, 1.807) is 36.4 Å². The first kappa shape index (κ1) is 26.6. The number of hydrazine groups is 1. The number of amides is 2. The van der Waals surface area contributed by atoms with E-state index in [4.69, 9.17) is 4.74 Å². The third-order valence-corrected chi connectivity index (χ3v) is 8.18. The molecule has 0 saturated heterocycles. The molecule has 4 N–H and O–H groups in total. The van der Waals surface area contributed by atoms with Gasteiger partial charge in [-0.1, -0.05) is 30.3 Å². The number of para-hydroxylation sites is 2. The van der Waals surface area contributed by atoms with Crippen LogP contribution < -0.4 is 25.0 Å². The summed E-state index contributed by atoms with van der Waals surface area (Å²) in [6, 6.07) is 16.8. The smallest absolute Gasteiger partial charge is 0.269 e. The van der Waals surface area contributed by atoms with Gasteiger partial charge in [0.15, 0.2) is 0 Å². The molecule has 0 saturated carbocycles. The van der Waals surface area contributed by atoms with Crippen LogP contribution in [-0.4, -0.2) is 47.6 Å². The average Bonchev–Trinajstić information content (AvgIpc) is 3.16. The van der Waals surface area contributed by atoms with E-state index in [0.717, 1.165) is 6.07 Å². The standard InChI is InChI=1S/C24H23N5O7S2/c1-15(25-22-18-10-3-6-13-21(18)38(34,35)29-22)23(30)26-27-24(31)16-8-7-9-17(14-16)37(32,33)28-19-11-4-5-12-20(19)36-2/h3-15,28H,1-2H3,(H,25,29)(H,26,30)(H,27,31). The van der Waals surface area contributed by atoms with Crippen LogP contribution in [0.3, 0.4) is 0 Å². The Balaban J connectivity index is 1.43. The molecule has 0 aromatic heterocycles. The largest absolute Gasteiger partial charge is 0.495 e. The second-order valence-electron chi connectivity index (χ2n) is 8.03. The number of nitrogens with zero attached hydrogens (tertiary/aromatic N) is 1. The van der Waals surface area contributed by atoms with Gasteiger partial charge in [0.1, 0.15) is 17.6 Å². The van der Waals surface area contributed by atoms with Crippen molar-refractivity contribution in [3.8, 4) is 5.75 Å². The highest BCUT2D eigenvalue weighted by Crippen LogP contribution is 2.26. The van der Waals surface area contributed by atoms with Gasteiger partial charge in [0.05, 0.1) is 22.6 Å². The van der Waals surface area contributed by atoms with Crippen molar-refractivity contribution in [1.29, 1.82) is 0 Å². The molecule has 1 aliphatic heterocycles. The Morgan fingerprint density at radius 3 is 2.45 bits per heavy atom. The number of methoxy groups -OCH3 is 1. The van der Waals surface area contributed by atoms with Crippen LogP contribution in [0.25, 0.3) is 0 Å². The van der Waals surface area contributed by atoms with Gasteiger partial charge < -0.3 is 4.74 Å². The molecule has 2 amide bonds. The molecule has 0 bridgehead atoms. The highest BCUT2D eigenvalue weighted by Gasteiger charge is 2.31. The lowest BCUT2D eigenvalue weighted by atomic mass is 10.2. The van der Waals surface area contributed by atoms with Gasteiger partial charge in [-0.25, -0.2) is 16.8 Å². The number of carbonyl (C=O) groups excluding carboxylic acids is 2. The molecule has 14 heteroatoms. The number of ether oxygens (including phenoxy) is 1. The Labute approximate surface area is 219 Å². The maximum atomic E-state index is 12.9. The zero-order valence-corrected chi connectivity index (χ0v) is 21.8. The second kappa shape index (κ2) is 10.5. The average molecular weight is 558 g/mol. The van der Waals surface area contributed by atoms with Crippen LogP contribution in [0.4, 0.5) is 5.69 Å². The second-order valence-corrected chi connectivity index (χ2v) is 11.4. The zero-order valence-electron chi connectivity index (χ0n) is 20.1. The van der Waals surface area contributed by atoms with Crippen LogP contribution in [0.15, 0.2) is 87.6 Å². The summed E-state index contributed by atoms with van der Waals surface area (Å²) in [5.41, 5.74) is 4.93. The van der Waals surface area contributed by atoms with Crippen molar-refractivity contribution in [2.24, 2.45) is 4.99 Å². The fourth-order valence-electron chi connectivity index (χ4n) is 3.51. The van der Waals surface area contributed by atoms with E-state index >= 15 is 0 Å². The Morgan fingerprint density at radius 2 is 1.68 bits per heavy atom. The number of hydrogen-bond acceptors (Lipinski definition) is 8. The lowest BCUT2D eigenvalue weighted by molar-refractivity contribution is -0.122. The van der Waals surface area contributed by atoms with E-state index in [9.17, 15) is 26.4 Å². The van der Waals surface area contributed by atoms with E-state index in [-0.39, 0.29) is 26.9 Å². The summed E-state index contributed by atoms with van der Waals surface area (Å²) in [4.78, 5) is 29.1. The van der Waals surface area contributed by atoms with Crippen LogP contribution >= 0.6 is 0 Å². The predicted octanol–water partition coefficient (Wildman–Crippen LogP) is 1.38. The quantitative estimate of drug-likeness (QED) is 0.318. The highest BCUT2D eigenvalue weighted by molar-refractivity contribution is 7.92. The van der Waals surface area contributed by atoms with E-state index in [1.165, 1.54) is 44.4 Å². The van der Waals surface area contributed by atoms with Crippen LogP contribution in [0.1, 0.15) is 22.8 Å². The molecule has 1 atom stereocenters. The van der Waals surface area contributed by atoms with Gasteiger partial charge in [0.2, 0.25) is 0 Å². The van der Waals surface area contributed by atoms with Crippen molar-refractivity contribution in [3.63, 3.8) is 0 Å². The van der Waals surface area contributed by atoms with E-state index in [1.807, 2.05) is 0 Å². The summed E-state index contributed by atoms with van der Waals surface area (Å²) in [5, 5.41) is 0. The topological polar surface area (TPSA) is 172 Å². The summed E-state index contributed by atoms with van der Waals surface area (Å²) < 4.78 is 60.0. The molecule has 0 radical (unpaired) electrons. The molecule has 38 heavy (non-hydrogen) atoms. The van der Waals surface area contributed by atoms with Crippen molar-refractivity contribution >= 4 is 43.4 Å². The van der Waals surface area contributed by atoms with E-state index in [0.29, 0.717) is 11.3 Å². The third-order valence-electron chi connectivity index (χ3n) is 5.42. The first-order valence-corrected chi connectivity index (χ1v) is 14.0. The van der Waals surface area contributed by atoms with Crippen LogP contribution in [0.2, 0.25) is 0 Å². The lowest BCUT2D eigenvalue weighted by Gasteiger charge is -2.13. The number of benzene rings is 3. The number of nitrogens with one attached hydrogen (secondary N) is 4. The Bertz CT molecular complexity index is 1650. The van der Waals surface area contributed by atoms with Crippen LogP contribution in [0, 0.1) is 0 Å². The van der Waals surface area contributed by atoms with Crippen LogP contribution in [0.5, 0.6) is 5.75 Å². The summed E-state index contributed by atoms with van der Waals surface area (Å²) in [6.45, 7) is 1.42. The monoisotopic (exact) mass is 557 g/mol. The van der Waals surface area contributed by atoms with Crippen molar-refractivity contribution < 1.29 is 31.2 Å². The lowest BCUT2D eigenvalue weighted by Crippen LogP contribution is -2.45. The van der Waals surface area contributed by atoms with E-state index in [2.05, 4.69) is 25.3 Å². The third kappa shape index (κ3) is 5.60. The summed E-state index contributed by atoms with van der Waals surface area (Å²) in [7, 11) is -6.43. The molecule has 0 aliphatic carbocycles. The molecule has 1 unspecified atom stereocenters. The summed E-state index contributed by atoms with van der Waals surface area (Å²) in [6.07, 6.45) is 0. The van der Waals surface area contributed by atoms with Gasteiger partial charge in [-0.15, -0.1) is 0 Å². The minimum Gasteiger partial charge on any atom is -0.495 e. The summed E-state index contributed by atoms with van der Waals surface area (Å²) >= 11 is 0. The first-order chi connectivity index (χ1) is 18.0. The minimum absolute atomic E-state index is 0.00929. The van der Waals surface area contributed by atoms with Crippen LogP contribution in [-0.2, 0) is 24.8 Å². The zero-order chi connectivity index (χ0) is 27.5. The molecule has 12 nitrogen and oxygen atoms in total. The van der Waals surface area contributed by atoms with Gasteiger partial charge >= 0.3 is 0 Å². The maximum Gasteiger partial charge on any atom is 0.269 e. The summed E-state index contributed by atoms with van der Waals surface area (Å²) in [5.74, 6) is -1.18. The molecule has 1 aliphatic rings. The Hall–Kier alpha value is -4.43. The predicted molar refractivity (Wildman–Crippen MR) is 139 cm³/mol. The number of rotatable bonds is 7. The van der Waals surface area contributed by atoms with Crippen molar-refractivity contribution in [2.45, 2.75) is 22.8 Å². The molecule has 3 aromatic carbocycles. The fourth-order valence-corrected chi connectivity index (χ4v) is 5.87. The number of amidine groups is 1. The number of aliphatic imine (C=N–C) groups is 1. The molecular weight excluding hydrogens is 534 g/mol. The number of sulfonamides is 2.